The number of nitrogens with zero attached hydrogens (tertiary/aromatic N) is 2. The van der Waals surface area contributed by atoms with Gasteiger partial charge in [0.25, 0.3) is 5.91 Å². The molecule has 0 aliphatic carbocycles. The number of benzene rings is 2. The van der Waals surface area contributed by atoms with E-state index in [2.05, 4.69) is 10.4 Å². The molecule has 1 aromatic heterocycles. The number of aliphatic hydroxyl groups is 1. The van der Waals surface area contributed by atoms with Crippen LogP contribution in [0.4, 0.5) is 0 Å². The number of hydrogen-bond donors (Lipinski definition) is 2. The lowest BCUT2D eigenvalue weighted by atomic mass is 9.96. The second-order valence-electron chi connectivity index (χ2n) is 6.24. The number of aliphatic hydroxyl groups excluding tert-OH is 1. The summed E-state index contributed by atoms with van der Waals surface area (Å²) in [7, 11) is 0. The van der Waals surface area contributed by atoms with Crippen LogP contribution in [0.1, 0.15) is 33.8 Å². The first-order valence-corrected chi connectivity index (χ1v) is 8.76. The first-order valence-electron chi connectivity index (χ1n) is 8.76. The van der Waals surface area contributed by atoms with Crippen molar-refractivity contribution >= 4 is 5.91 Å². The first-order chi connectivity index (χ1) is 12.8. The third-order valence-electron chi connectivity index (χ3n) is 4.34. The fourth-order valence-electron chi connectivity index (χ4n) is 2.92. The van der Waals surface area contributed by atoms with Crippen molar-refractivity contribution in [3.8, 4) is 0 Å². The van der Waals surface area contributed by atoms with Crippen molar-refractivity contribution in [2.75, 3.05) is 13.2 Å². The van der Waals surface area contributed by atoms with Gasteiger partial charge in [-0.15, -0.1) is 0 Å². The molecule has 2 aromatic carbocycles. The van der Waals surface area contributed by atoms with E-state index in [4.69, 9.17) is 0 Å². The summed E-state index contributed by atoms with van der Waals surface area (Å²) in [5.41, 5.74) is 2.79. The van der Waals surface area contributed by atoms with Gasteiger partial charge in [0.2, 0.25) is 0 Å². The molecule has 1 unspecified atom stereocenters. The van der Waals surface area contributed by atoms with E-state index in [1.165, 1.54) is 0 Å². The molecule has 0 spiro atoms. The number of rotatable bonds is 8. The van der Waals surface area contributed by atoms with Crippen molar-refractivity contribution in [2.24, 2.45) is 0 Å². The Balaban J connectivity index is 1.59. The van der Waals surface area contributed by atoms with Crippen LogP contribution in [-0.4, -0.2) is 33.9 Å². The van der Waals surface area contributed by atoms with E-state index in [1.54, 1.807) is 17.1 Å². The largest absolute Gasteiger partial charge is 0.396 e. The molecule has 2 N–H and O–H groups in total. The van der Waals surface area contributed by atoms with Crippen LogP contribution in [0.3, 0.4) is 0 Å². The van der Waals surface area contributed by atoms with Gasteiger partial charge in [0, 0.05) is 25.3 Å². The maximum absolute atomic E-state index is 12.4. The minimum absolute atomic E-state index is 0.0875. The van der Waals surface area contributed by atoms with Crippen molar-refractivity contribution in [1.82, 2.24) is 15.1 Å². The van der Waals surface area contributed by atoms with Crippen molar-refractivity contribution < 1.29 is 9.90 Å². The van der Waals surface area contributed by atoms with E-state index in [-0.39, 0.29) is 18.4 Å². The minimum atomic E-state index is -0.150. The standard InChI is InChI=1S/C21H23N3O2/c25-12-11-19(18-9-5-2-6-10-18)13-22-21(26)20-14-23-24(16-20)15-17-7-3-1-4-8-17/h1-10,14,16,19,25H,11-13,15H2,(H,22,26). The third kappa shape index (κ3) is 4.80. The Bertz CT molecular complexity index is 816. The Morgan fingerprint density at radius 1 is 1.08 bits per heavy atom. The lowest BCUT2D eigenvalue weighted by Crippen LogP contribution is -2.28. The summed E-state index contributed by atoms with van der Waals surface area (Å²) in [6.07, 6.45) is 3.95. The highest BCUT2D eigenvalue weighted by Crippen LogP contribution is 2.18. The fourth-order valence-corrected chi connectivity index (χ4v) is 2.92. The first kappa shape index (κ1) is 17.9. The van der Waals surface area contributed by atoms with Gasteiger partial charge in [-0.25, -0.2) is 0 Å². The van der Waals surface area contributed by atoms with Gasteiger partial charge in [-0.1, -0.05) is 60.7 Å². The molecule has 1 amide bonds. The molecule has 0 radical (unpaired) electrons. The molecule has 0 saturated carbocycles. The fraction of sp³-hybridized carbons (Fsp3) is 0.238. The summed E-state index contributed by atoms with van der Waals surface area (Å²) in [6, 6.07) is 19.9. The number of nitrogens with one attached hydrogen (secondary N) is 1. The third-order valence-corrected chi connectivity index (χ3v) is 4.34. The van der Waals surface area contributed by atoms with Crippen LogP contribution < -0.4 is 5.32 Å². The zero-order valence-electron chi connectivity index (χ0n) is 14.6. The van der Waals surface area contributed by atoms with Crippen LogP contribution in [0, 0.1) is 0 Å². The normalized spacial score (nSPS) is 11.9. The number of carbonyl (C=O) groups excluding carboxylic acids is 1. The monoisotopic (exact) mass is 349 g/mol. The molecule has 0 bridgehead atoms. The molecule has 0 aliphatic heterocycles. The quantitative estimate of drug-likeness (QED) is 0.657. The zero-order chi connectivity index (χ0) is 18.2. The predicted octanol–water partition coefficient (Wildman–Crippen LogP) is 2.83. The maximum Gasteiger partial charge on any atom is 0.254 e. The van der Waals surface area contributed by atoms with Gasteiger partial charge in [-0.05, 0) is 17.5 Å². The highest BCUT2D eigenvalue weighted by molar-refractivity contribution is 5.93. The van der Waals surface area contributed by atoms with E-state index >= 15 is 0 Å². The highest BCUT2D eigenvalue weighted by atomic mass is 16.3. The van der Waals surface area contributed by atoms with Gasteiger partial charge in [0.05, 0.1) is 18.3 Å². The van der Waals surface area contributed by atoms with Crippen LogP contribution in [0.25, 0.3) is 0 Å². The SMILES string of the molecule is O=C(NCC(CCO)c1ccccc1)c1cnn(Cc2ccccc2)c1. The van der Waals surface area contributed by atoms with Crippen LogP contribution in [-0.2, 0) is 6.54 Å². The van der Waals surface area contributed by atoms with E-state index in [0.29, 0.717) is 25.1 Å². The van der Waals surface area contributed by atoms with E-state index in [9.17, 15) is 9.90 Å². The van der Waals surface area contributed by atoms with Crippen molar-refractivity contribution in [3.05, 3.63) is 89.7 Å². The van der Waals surface area contributed by atoms with Gasteiger partial charge in [0.1, 0.15) is 0 Å². The molecule has 0 fully saturated rings. The lowest BCUT2D eigenvalue weighted by molar-refractivity contribution is 0.0949. The smallest absolute Gasteiger partial charge is 0.254 e. The van der Waals surface area contributed by atoms with E-state index < -0.39 is 0 Å². The Kier molecular flexibility index (Phi) is 6.17. The number of amides is 1. The highest BCUT2D eigenvalue weighted by Gasteiger charge is 2.14. The van der Waals surface area contributed by atoms with Crippen molar-refractivity contribution in [2.45, 2.75) is 18.9 Å². The Hall–Kier alpha value is -2.92. The number of carbonyl (C=O) groups is 1. The molecule has 5 heteroatoms. The van der Waals surface area contributed by atoms with Gasteiger partial charge in [-0.3, -0.25) is 9.48 Å². The Morgan fingerprint density at radius 2 is 1.77 bits per heavy atom. The number of hydrogen-bond acceptors (Lipinski definition) is 3. The van der Waals surface area contributed by atoms with Crippen molar-refractivity contribution in [1.29, 1.82) is 0 Å². The second-order valence-corrected chi connectivity index (χ2v) is 6.24. The molecule has 134 valence electrons. The van der Waals surface area contributed by atoms with Crippen LogP contribution in [0.5, 0.6) is 0 Å². The maximum atomic E-state index is 12.4. The minimum Gasteiger partial charge on any atom is -0.396 e. The molecule has 1 atom stereocenters. The molecule has 1 heterocycles. The summed E-state index contributed by atoms with van der Waals surface area (Å²) in [5.74, 6) is -0.0623. The van der Waals surface area contributed by atoms with Gasteiger partial charge < -0.3 is 10.4 Å². The Labute approximate surface area is 153 Å². The van der Waals surface area contributed by atoms with Crippen LogP contribution in [0.15, 0.2) is 73.1 Å². The Morgan fingerprint density at radius 3 is 2.46 bits per heavy atom. The van der Waals surface area contributed by atoms with Gasteiger partial charge >= 0.3 is 0 Å². The molecule has 3 aromatic rings. The summed E-state index contributed by atoms with van der Waals surface area (Å²) >= 11 is 0. The van der Waals surface area contributed by atoms with E-state index in [0.717, 1.165) is 11.1 Å². The average Bonchev–Trinajstić information content (AvgIpc) is 3.15. The van der Waals surface area contributed by atoms with Crippen LogP contribution in [0.2, 0.25) is 0 Å². The lowest BCUT2D eigenvalue weighted by Gasteiger charge is -2.16. The number of aromatic nitrogens is 2. The second kappa shape index (κ2) is 8.97. The summed E-state index contributed by atoms with van der Waals surface area (Å²) in [4.78, 5) is 12.4. The topological polar surface area (TPSA) is 67.2 Å². The summed E-state index contributed by atoms with van der Waals surface area (Å²) in [6.45, 7) is 1.20. The predicted molar refractivity (Wildman–Crippen MR) is 101 cm³/mol. The molecule has 26 heavy (non-hydrogen) atoms. The van der Waals surface area contributed by atoms with E-state index in [1.807, 2.05) is 60.7 Å². The molecular weight excluding hydrogens is 326 g/mol. The van der Waals surface area contributed by atoms with Gasteiger partial charge in [-0.2, -0.15) is 5.10 Å². The molecular formula is C21H23N3O2. The molecule has 0 saturated heterocycles. The van der Waals surface area contributed by atoms with Gasteiger partial charge in [0.15, 0.2) is 0 Å². The average molecular weight is 349 g/mol. The summed E-state index contributed by atoms with van der Waals surface area (Å²) < 4.78 is 1.76. The summed E-state index contributed by atoms with van der Waals surface area (Å²) in [5, 5.41) is 16.5. The molecule has 0 aliphatic rings. The van der Waals surface area contributed by atoms with Crippen molar-refractivity contribution in [3.63, 3.8) is 0 Å². The molecule has 3 rings (SSSR count). The molecule has 5 nitrogen and oxygen atoms in total. The van der Waals surface area contributed by atoms with Crippen LogP contribution >= 0.6 is 0 Å². The zero-order valence-corrected chi connectivity index (χ0v) is 14.6.